The van der Waals surface area contributed by atoms with E-state index in [-0.39, 0.29) is 6.54 Å². The minimum absolute atomic E-state index is 0.103. The van der Waals surface area contributed by atoms with E-state index < -0.39 is 12.2 Å². The Hall–Kier alpha value is -1.52. The summed E-state index contributed by atoms with van der Waals surface area (Å²) in [7, 11) is 1.62. The SMILES string of the molecule is CN1CC(C(F)(F)F)N=C1c1ccccc1. The number of halogens is 3. The predicted molar refractivity (Wildman–Crippen MR) is 55.5 cm³/mol. The van der Waals surface area contributed by atoms with Gasteiger partial charge in [0.15, 0.2) is 6.04 Å². The van der Waals surface area contributed by atoms with Crippen LogP contribution in [0.25, 0.3) is 0 Å². The number of nitrogens with zero attached hydrogens (tertiary/aromatic N) is 2. The third-order valence-electron chi connectivity index (χ3n) is 2.50. The molecule has 86 valence electrons. The number of hydrogen-bond acceptors (Lipinski definition) is 2. The lowest BCUT2D eigenvalue weighted by molar-refractivity contribution is -0.145. The molecule has 1 atom stereocenters. The monoisotopic (exact) mass is 228 g/mol. The largest absolute Gasteiger partial charge is 0.412 e. The normalized spacial score (nSPS) is 21.1. The Labute approximate surface area is 91.4 Å². The molecule has 0 bridgehead atoms. The number of aliphatic imine (C=N–C) groups is 1. The van der Waals surface area contributed by atoms with Crippen LogP contribution in [-0.2, 0) is 0 Å². The number of alkyl halides is 3. The van der Waals surface area contributed by atoms with Crippen LogP contribution in [0.15, 0.2) is 35.3 Å². The van der Waals surface area contributed by atoms with Crippen molar-refractivity contribution in [1.82, 2.24) is 4.90 Å². The van der Waals surface area contributed by atoms with Crippen LogP contribution in [0, 0.1) is 0 Å². The third-order valence-corrected chi connectivity index (χ3v) is 2.50. The smallest absolute Gasteiger partial charge is 0.357 e. The maximum Gasteiger partial charge on any atom is 0.412 e. The second kappa shape index (κ2) is 3.81. The van der Waals surface area contributed by atoms with Crippen molar-refractivity contribution in [3.05, 3.63) is 35.9 Å². The Morgan fingerprint density at radius 1 is 1.25 bits per heavy atom. The predicted octanol–water partition coefficient (Wildman–Crippen LogP) is 2.31. The molecule has 1 aromatic carbocycles. The van der Waals surface area contributed by atoms with Crippen LogP contribution in [0.3, 0.4) is 0 Å². The number of benzene rings is 1. The topological polar surface area (TPSA) is 15.6 Å². The Bertz CT molecular complexity index is 397. The molecule has 5 heteroatoms. The lowest BCUT2D eigenvalue weighted by Gasteiger charge is -2.15. The van der Waals surface area contributed by atoms with Gasteiger partial charge < -0.3 is 4.90 Å². The highest BCUT2D eigenvalue weighted by molar-refractivity contribution is 5.99. The minimum atomic E-state index is -4.26. The summed E-state index contributed by atoms with van der Waals surface area (Å²) in [5.74, 6) is 0.405. The molecule has 0 aromatic heterocycles. The van der Waals surface area contributed by atoms with E-state index in [2.05, 4.69) is 4.99 Å². The molecule has 0 saturated carbocycles. The molecule has 0 amide bonds. The molecule has 0 aliphatic carbocycles. The van der Waals surface area contributed by atoms with Crippen LogP contribution in [0.4, 0.5) is 13.2 Å². The molecule has 1 aromatic rings. The van der Waals surface area contributed by atoms with Gasteiger partial charge in [0.2, 0.25) is 0 Å². The van der Waals surface area contributed by atoms with Gasteiger partial charge in [0.25, 0.3) is 0 Å². The van der Waals surface area contributed by atoms with Crippen molar-refractivity contribution >= 4 is 5.84 Å². The van der Waals surface area contributed by atoms with Gasteiger partial charge >= 0.3 is 6.18 Å². The van der Waals surface area contributed by atoms with Crippen molar-refractivity contribution in [2.75, 3.05) is 13.6 Å². The van der Waals surface area contributed by atoms with E-state index in [9.17, 15) is 13.2 Å². The lowest BCUT2D eigenvalue weighted by Crippen LogP contribution is -2.32. The first-order valence-electron chi connectivity index (χ1n) is 4.89. The van der Waals surface area contributed by atoms with E-state index in [1.807, 2.05) is 6.07 Å². The van der Waals surface area contributed by atoms with Crippen LogP contribution < -0.4 is 0 Å². The molecule has 1 aliphatic rings. The second-order valence-electron chi connectivity index (χ2n) is 3.76. The summed E-state index contributed by atoms with van der Waals surface area (Å²) in [5.41, 5.74) is 0.719. The highest BCUT2D eigenvalue weighted by atomic mass is 19.4. The molecule has 0 N–H and O–H groups in total. The van der Waals surface area contributed by atoms with E-state index >= 15 is 0 Å². The summed E-state index contributed by atoms with van der Waals surface area (Å²) >= 11 is 0. The van der Waals surface area contributed by atoms with Crippen molar-refractivity contribution in [3.63, 3.8) is 0 Å². The first kappa shape index (κ1) is 11.0. The number of hydrogen-bond donors (Lipinski definition) is 0. The van der Waals surface area contributed by atoms with Gasteiger partial charge in [0.05, 0.1) is 6.54 Å². The average molecular weight is 228 g/mol. The molecule has 0 spiro atoms. The van der Waals surface area contributed by atoms with Crippen LogP contribution >= 0.6 is 0 Å². The minimum Gasteiger partial charge on any atom is -0.357 e. The van der Waals surface area contributed by atoms with Crippen LogP contribution in [0.2, 0.25) is 0 Å². The van der Waals surface area contributed by atoms with Gasteiger partial charge in [-0.15, -0.1) is 0 Å². The number of amidine groups is 1. The van der Waals surface area contributed by atoms with Gasteiger partial charge in [-0.05, 0) is 0 Å². The fraction of sp³-hybridized carbons (Fsp3) is 0.364. The molecular formula is C11H11F3N2. The fourth-order valence-electron chi connectivity index (χ4n) is 1.69. The van der Waals surface area contributed by atoms with Crippen LogP contribution in [-0.4, -0.2) is 36.5 Å². The van der Waals surface area contributed by atoms with E-state index in [1.165, 1.54) is 4.90 Å². The Morgan fingerprint density at radius 3 is 2.38 bits per heavy atom. The van der Waals surface area contributed by atoms with Crippen LogP contribution in [0.1, 0.15) is 5.56 Å². The first-order chi connectivity index (χ1) is 7.48. The van der Waals surface area contributed by atoms with Crippen molar-refractivity contribution in [3.8, 4) is 0 Å². The summed E-state index contributed by atoms with van der Waals surface area (Å²) < 4.78 is 37.5. The van der Waals surface area contributed by atoms with Gasteiger partial charge in [-0.25, -0.2) is 0 Å². The highest BCUT2D eigenvalue weighted by Gasteiger charge is 2.44. The van der Waals surface area contributed by atoms with E-state index in [1.54, 1.807) is 31.3 Å². The van der Waals surface area contributed by atoms with Gasteiger partial charge in [0, 0.05) is 12.6 Å². The molecule has 0 radical (unpaired) electrons. The molecule has 2 rings (SSSR count). The maximum atomic E-state index is 12.5. The molecule has 1 heterocycles. The summed E-state index contributed by atoms with van der Waals surface area (Å²) in [6.07, 6.45) is -4.26. The van der Waals surface area contributed by atoms with E-state index in [0.29, 0.717) is 5.84 Å². The zero-order valence-electron chi connectivity index (χ0n) is 8.70. The second-order valence-corrected chi connectivity index (χ2v) is 3.76. The zero-order valence-corrected chi connectivity index (χ0v) is 8.70. The van der Waals surface area contributed by atoms with Gasteiger partial charge in [0.1, 0.15) is 5.84 Å². The summed E-state index contributed by atoms with van der Waals surface area (Å²) in [5, 5.41) is 0. The maximum absolute atomic E-state index is 12.5. The van der Waals surface area contributed by atoms with Crippen molar-refractivity contribution in [2.45, 2.75) is 12.2 Å². The Balaban J connectivity index is 2.29. The summed E-state index contributed by atoms with van der Waals surface area (Å²) in [6, 6.07) is 7.30. The quantitative estimate of drug-likeness (QED) is 0.720. The van der Waals surface area contributed by atoms with E-state index in [0.717, 1.165) is 5.56 Å². The highest BCUT2D eigenvalue weighted by Crippen LogP contribution is 2.28. The fourth-order valence-corrected chi connectivity index (χ4v) is 1.69. The molecule has 1 aliphatic heterocycles. The Morgan fingerprint density at radius 2 is 1.88 bits per heavy atom. The zero-order chi connectivity index (χ0) is 11.8. The molecular weight excluding hydrogens is 217 g/mol. The van der Waals surface area contributed by atoms with Gasteiger partial charge in [-0.2, -0.15) is 13.2 Å². The summed E-state index contributed by atoms with van der Waals surface area (Å²) in [6.45, 7) is -0.103. The van der Waals surface area contributed by atoms with Crippen LogP contribution in [0.5, 0.6) is 0 Å². The van der Waals surface area contributed by atoms with Gasteiger partial charge in [-0.1, -0.05) is 30.3 Å². The summed E-state index contributed by atoms with van der Waals surface area (Å²) in [4.78, 5) is 5.26. The number of rotatable bonds is 1. The third kappa shape index (κ3) is 2.03. The molecule has 2 nitrogen and oxygen atoms in total. The number of likely N-dealkylation sites (N-methyl/N-ethyl adjacent to an activating group) is 1. The van der Waals surface area contributed by atoms with Gasteiger partial charge in [-0.3, -0.25) is 4.99 Å². The standard InChI is InChI=1S/C11H11F3N2/c1-16-7-9(11(12,13)14)15-10(16)8-5-3-2-4-6-8/h2-6,9H,7H2,1H3. The molecule has 0 saturated heterocycles. The molecule has 1 unspecified atom stereocenters. The van der Waals surface area contributed by atoms with Crippen molar-refractivity contribution in [1.29, 1.82) is 0 Å². The van der Waals surface area contributed by atoms with Crippen molar-refractivity contribution in [2.24, 2.45) is 4.99 Å². The van der Waals surface area contributed by atoms with Crippen molar-refractivity contribution < 1.29 is 13.2 Å². The molecule has 16 heavy (non-hydrogen) atoms. The first-order valence-corrected chi connectivity index (χ1v) is 4.89. The van der Waals surface area contributed by atoms with E-state index in [4.69, 9.17) is 0 Å². The average Bonchev–Trinajstić information content (AvgIpc) is 2.61. The Kier molecular flexibility index (Phi) is 2.61. The lowest BCUT2D eigenvalue weighted by atomic mass is 10.2. The molecule has 0 fully saturated rings.